The molecular weight excluding hydrogens is 375 g/mol. The molecule has 2 aromatic heterocycles. The molecule has 1 saturated carbocycles. The van der Waals surface area contributed by atoms with Gasteiger partial charge in [0.25, 0.3) is 5.91 Å². The number of benzene rings is 1. The molecule has 1 fully saturated rings. The van der Waals surface area contributed by atoms with Gasteiger partial charge >= 0.3 is 0 Å². The molecule has 0 saturated heterocycles. The lowest BCUT2D eigenvalue weighted by atomic mass is 10.1. The van der Waals surface area contributed by atoms with Crippen LogP contribution in [0.2, 0.25) is 0 Å². The Kier molecular flexibility index (Phi) is 5.00. The lowest BCUT2D eigenvalue weighted by Gasteiger charge is -2.10. The van der Waals surface area contributed by atoms with Gasteiger partial charge in [-0.2, -0.15) is 0 Å². The largest absolute Gasteiger partial charge is 0.356 e. The van der Waals surface area contributed by atoms with E-state index in [4.69, 9.17) is 0 Å². The van der Waals surface area contributed by atoms with Crippen LogP contribution in [-0.2, 0) is 7.05 Å². The van der Waals surface area contributed by atoms with E-state index in [0.717, 1.165) is 40.5 Å². The van der Waals surface area contributed by atoms with E-state index >= 15 is 0 Å². The summed E-state index contributed by atoms with van der Waals surface area (Å²) in [5.41, 5.74) is 5.29. The molecule has 0 radical (unpaired) electrons. The van der Waals surface area contributed by atoms with Crippen molar-refractivity contribution in [3.8, 4) is 11.3 Å². The number of thiazole rings is 1. The minimum absolute atomic E-state index is 0.101. The van der Waals surface area contributed by atoms with E-state index in [2.05, 4.69) is 15.6 Å². The molecule has 0 aliphatic heterocycles. The first kappa shape index (κ1) is 18.4. The third-order valence-electron chi connectivity index (χ3n) is 4.55. The molecule has 4 rings (SSSR count). The number of allylic oxidation sites excluding steroid dienone is 1. The van der Waals surface area contributed by atoms with Crippen LogP contribution >= 0.6 is 11.3 Å². The van der Waals surface area contributed by atoms with Crippen LogP contribution in [0.25, 0.3) is 11.3 Å². The van der Waals surface area contributed by atoms with Gasteiger partial charge in [-0.15, -0.1) is 11.3 Å². The summed E-state index contributed by atoms with van der Waals surface area (Å²) in [5, 5.41) is 8.96. The lowest BCUT2D eigenvalue weighted by Crippen LogP contribution is -2.27. The molecule has 1 amide bonds. The fourth-order valence-electron chi connectivity index (χ4n) is 3.01. The molecule has 0 unspecified atom stereocenters. The van der Waals surface area contributed by atoms with Gasteiger partial charge in [0, 0.05) is 36.1 Å². The number of halogens is 1. The van der Waals surface area contributed by atoms with Crippen LogP contribution in [0.3, 0.4) is 0 Å². The molecule has 28 heavy (non-hydrogen) atoms. The Balaban J connectivity index is 1.44. The second-order valence-corrected chi connectivity index (χ2v) is 7.87. The van der Waals surface area contributed by atoms with E-state index in [9.17, 15) is 9.18 Å². The summed E-state index contributed by atoms with van der Waals surface area (Å²) >= 11 is 1.47. The van der Waals surface area contributed by atoms with Crippen molar-refractivity contribution < 1.29 is 9.18 Å². The van der Waals surface area contributed by atoms with E-state index in [0.29, 0.717) is 12.1 Å². The van der Waals surface area contributed by atoms with Crippen molar-refractivity contribution in [2.45, 2.75) is 19.8 Å². The second kappa shape index (κ2) is 7.59. The van der Waals surface area contributed by atoms with Crippen molar-refractivity contribution in [2.24, 2.45) is 7.05 Å². The summed E-state index contributed by atoms with van der Waals surface area (Å²) in [6, 6.07) is 6.70. The molecule has 5 nitrogen and oxygen atoms in total. The molecule has 1 aliphatic rings. The summed E-state index contributed by atoms with van der Waals surface area (Å²) < 4.78 is 15.5. The molecule has 3 aromatic rings. The highest BCUT2D eigenvalue weighted by Gasteiger charge is 2.20. The number of nitrogens with one attached hydrogen (secondary N) is 2. The standard InChI is InChI=1S/C21H21FN4OS/c1-13-7-16(9-17(22)8-13)19-12-28-21(25-19)24-18(14-3-4-14)10-23-20(27)15-5-6-26(2)11-15/h5-9,11-12H,3-4,10H2,1-2H3,(H,23,27)(H,24,25). The number of rotatable bonds is 6. The van der Waals surface area contributed by atoms with Crippen LogP contribution in [0.5, 0.6) is 0 Å². The molecule has 1 aliphatic carbocycles. The zero-order valence-corrected chi connectivity index (χ0v) is 16.6. The molecule has 0 bridgehead atoms. The van der Waals surface area contributed by atoms with Crippen molar-refractivity contribution in [3.63, 3.8) is 0 Å². The molecule has 0 spiro atoms. The van der Waals surface area contributed by atoms with Crippen LogP contribution in [0, 0.1) is 12.7 Å². The van der Waals surface area contributed by atoms with Gasteiger partial charge in [0.1, 0.15) is 5.82 Å². The Morgan fingerprint density at radius 3 is 2.82 bits per heavy atom. The maximum absolute atomic E-state index is 13.7. The van der Waals surface area contributed by atoms with Crippen LogP contribution < -0.4 is 10.6 Å². The maximum Gasteiger partial charge on any atom is 0.253 e. The molecule has 2 N–H and O–H groups in total. The van der Waals surface area contributed by atoms with Gasteiger partial charge in [-0.25, -0.2) is 9.37 Å². The average molecular weight is 396 g/mol. The highest BCUT2D eigenvalue weighted by molar-refractivity contribution is 7.14. The number of nitrogens with zero attached hydrogens (tertiary/aromatic N) is 2. The van der Waals surface area contributed by atoms with Gasteiger partial charge in [-0.1, -0.05) is 0 Å². The molecule has 7 heteroatoms. The highest BCUT2D eigenvalue weighted by Crippen LogP contribution is 2.33. The van der Waals surface area contributed by atoms with Gasteiger partial charge in [-0.05, 0) is 55.2 Å². The number of carbonyl (C=O) groups excluding carboxylic acids is 1. The van der Waals surface area contributed by atoms with Gasteiger partial charge in [0.05, 0.1) is 17.8 Å². The fraction of sp³-hybridized carbons (Fsp3) is 0.238. The van der Waals surface area contributed by atoms with Crippen molar-refractivity contribution in [2.75, 3.05) is 11.9 Å². The van der Waals surface area contributed by atoms with Crippen molar-refractivity contribution in [3.05, 3.63) is 70.3 Å². The lowest BCUT2D eigenvalue weighted by molar-refractivity contribution is 0.0957. The average Bonchev–Trinajstić information content (AvgIpc) is 3.22. The number of anilines is 1. The van der Waals surface area contributed by atoms with E-state index in [1.807, 2.05) is 36.2 Å². The van der Waals surface area contributed by atoms with E-state index in [1.54, 1.807) is 12.3 Å². The zero-order valence-electron chi connectivity index (χ0n) is 15.8. The topological polar surface area (TPSA) is 58.9 Å². The van der Waals surface area contributed by atoms with Crippen molar-refractivity contribution in [1.29, 1.82) is 0 Å². The van der Waals surface area contributed by atoms with Gasteiger partial charge in [0.2, 0.25) is 0 Å². The van der Waals surface area contributed by atoms with Crippen LogP contribution in [0.15, 0.2) is 53.3 Å². The Labute approximate surface area is 166 Å². The normalized spacial score (nSPS) is 12.8. The van der Waals surface area contributed by atoms with Gasteiger partial charge in [-0.3, -0.25) is 4.79 Å². The molecule has 1 aromatic carbocycles. The predicted molar refractivity (Wildman–Crippen MR) is 110 cm³/mol. The summed E-state index contributed by atoms with van der Waals surface area (Å²) in [7, 11) is 1.89. The highest BCUT2D eigenvalue weighted by atomic mass is 32.1. The minimum Gasteiger partial charge on any atom is -0.356 e. The van der Waals surface area contributed by atoms with Gasteiger partial charge in [0.15, 0.2) is 5.13 Å². The number of hydrogen-bond donors (Lipinski definition) is 2. The molecule has 2 heterocycles. The second-order valence-electron chi connectivity index (χ2n) is 7.01. The van der Waals surface area contributed by atoms with Crippen LogP contribution in [0.4, 0.5) is 9.52 Å². The number of amides is 1. The summed E-state index contributed by atoms with van der Waals surface area (Å²) in [5.74, 6) is -0.363. The number of aryl methyl sites for hydroxylation is 2. The smallest absolute Gasteiger partial charge is 0.253 e. The summed E-state index contributed by atoms with van der Waals surface area (Å²) in [6.07, 6.45) is 5.70. The SMILES string of the molecule is Cc1cc(F)cc(-c2csc(NC(CNC(=O)c3ccn(C)c3)=C3CC3)n2)c1. The Bertz CT molecular complexity index is 1040. The predicted octanol–water partition coefficient (Wildman–Crippen LogP) is 4.49. The first-order valence-corrected chi connectivity index (χ1v) is 9.97. The zero-order chi connectivity index (χ0) is 19.7. The number of aromatic nitrogens is 2. The van der Waals surface area contributed by atoms with Crippen LogP contribution in [0.1, 0.15) is 28.8 Å². The quantitative estimate of drug-likeness (QED) is 0.646. The first-order valence-electron chi connectivity index (χ1n) is 9.09. The number of hydrogen-bond acceptors (Lipinski definition) is 4. The monoisotopic (exact) mass is 396 g/mol. The third kappa shape index (κ3) is 4.31. The molecule has 0 atom stereocenters. The Morgan fingerprint density at radius 1 is 1.32 bits per heavy atom. The summed E-state index contributed by atoms with van der Waals surface area (Å²) in [6.45, 7) is 2.29. The maximum atomic E-state index is 13.7. The first-order chi connectivity index (χ1) is 13.5. The van der Waals surface area contributed by atoms with E-state index < -0.39 is 0 Å². The minimum atomic E-state index is -0.262. The Hall–Kier alpha value is -2.93. The number of carbonyl (C=O) groups is 1. The fourth-order valence-corrected chi connectivity index (χ4v) is 3.75. The van der Waals surface area contributed by atoms with Gasteiger partial charge < -0.3 is 15.2 Å². The third-order valence-corrected chi connectivity index (χ3v) is 5.30. The van der Waals surface area contributed by atoms with Crippen molar-refractivity contribution >= 4 is 22.4 Å². The molecular formula is C21H21FN4OS. The van der Waals surface area contributed by atoms with E-state index in [-0.39, 0.29) is 11.7 Å². The molecule has 144 valence electrons. The Morgan fingerprint density at radius 2 is 2.14 bits per heavy atom. The van der Waals surface area contributed by atoms with E-state index in [1.165, 1.54) is 29.0 Å². The summed E-state index contributed by atoms with van der Waals surface area (Å²) in [4.78, 5) is 16.9. The van der Waals surface area contributed by atoms with Crippen LogP contribution in [-0.4, -0.2) is 22.0 Å². The van der Waals surface area contributed by atoms with Crippen molar-refractivity contribution in [1.82, 2.24) is 14.9 Å².